The van der Waals surface area contributed by atoms with E-state index in [4.69, 9.17) is 15.4 Å². The number of aromatic nitrogens is 2. The number of furan rings is 2. The fourth-order valence-electron chi connectivity index (χ4n) is 9.38. The van der Waals surface area contributed by atoms with Gasteiger partial charge in [-0.05, 0) is 48.5 Å². The smallest absolute Gasteiger partial charge is 0.415 e. The van der Waals surface area contributed by atoms with Crippen LogP contribution in [0.25, 0.3) is 115 Å². The van der Waals surface area contributed by atoms with E-state index in [0.717, 1.165) is 49.2 Å². The molecule has 0 aliphatic carbocycles. The first-order valence-electron chi connectivity index (χ1n) is 19.2. The molecule has 0 radical (unpaired) electrons. The van der Waals surface area contributed by atoms with Gasteiger partial charge in [-0.15, -0.1) is 0 Å². The van der Waals surface area contributed by atoms with Gasteiger partial charge in [0.2, 0.25) is 0 Å². The quantitative estimate of drug-likeness (QED) is 0.168. The highest BCUT2D eigenvalue weighted by molar-refractivity contribution is 6.23. The van der Waals surface area contributed by atoms with Gasteiger partial charge in [-0.3, -0.25) is 0 Å². The van der Waals surface area contributed by atoms with Crippen molar-refractivity contribution in [3.63, 3.8) is 0 Å². The Morgan fingerprint density at radius 1 is 0.517 bits per heavy atom. The molecule has 4 aromatic heterocycles. The maximum Gasteiger partial charge on any atom is 0.415 e. The van der Waals surface area contributed by atoms with Gasteiger partial charge in [-0.2, -0.15) is 18.4 Å². The summed E-state index contributed by atoms with van der Waals surface area (Å²) in [5.74, 6) is 0. The molecule has 9 heteroatoms. The summed E-state index contributed by atoms with van der Waals surface area (Å²) in [7, 11) is 0. The van der Waals surface area contributed by atoms with E-state index >= 15 is 13.2 Å². The summed E-state index contributed by atoms with van der Waals surface area (Å²) in [5.41, 5.74) is 4.34. The largest absolute Gasteiger partial charge is 0.454 e. The molecule has 0 amide bonds. The van der Waals surface area contributed by atoms with Gasteiger partial charge in [0.25, 0.3) is 0 Å². The number of halogens is 3. The minimum absolute atomic E-state index is 0.111. The zero-order chi connectivity index (χ0) is 40.4. The highest BCUT2D eigenvalue weighted by Crippen LogP contribution is 2.51. The molecule has 0 saturated heterocycles. The Bertz CT molecular complexity index is 3710. The van der Waals surface area contributed by atoms with Gasteiger partial charge in [-0.25, -0.2) is 4.85 Å². The molecule has 60 heavy (non-hydrogen) atoms. The van der Waals surface area contributed by atoms with E-state index in [1.54, 1.807) is 12.1 Å². The molecule has 8 aromatic carbocycles. The van der Waals surface area contributed by atoms with Crippen LogP contribution in [0.5, 0.6) is 0 Å². The molecular formula is C51H25F3N4O2. The van der Waals surface area contributed by atoms with E-state index in [1.165, 1.54) is 12.1 Å². The maximum atomic E-state index is 15.6. The van der Waals surface area contributed by atoms with Crippen LogP contribution in [-0.4, -0.2) is 9.13 Å². The fourth-order valence-corrected chi connectivity index (χ4v) is 9.38. The number of rotatable bonds is 3. The second kappa shape index (κ2) is 12.1. The lowest BCUT2D eigenvalue weighted by Gasteiger charge is -2.24. The Hall–Kier alpha value is -8.27. The minimum atomic E-state index is -4.86. The molecule has 282 valence electrons. The first kappa shape index (κ1) is 33.8. The van der Waals surface area contributed by atoms with Crippen LogP contribution < -0.4 is 0 Å². The standard InChI is InChI=1S/C51H25F3N4O2/c1-56-38-16-10-15-37(51(52,53)54)45(38)46-41(57-39-17-6-2-11-29(39)33-21-23-35-31-13-4-8-19-43(31)59-49(35)47(33)57)25-28(27-55)26-42(46)58-40-18-7-3-12-30(40)34-22-24-36-32-14-5-9-20-44(32)60-50(36)48(34)58/h2-26H. The van der Waals surface area contributed by atoms with E-state index in [9.17, 15) is 5.26 Å². The van der Waals surface area contributed by atoms with Gasteiger partial charge in [0.1, 0.15) is 11.2 Å². The SMILES string of the molecule is [C-]#[N+]c1cccc(C(F)(F)F)c1-c1c(-n2c3ccccc3c3ccc4c5ccccc5oc4c32)cc(C#N)cc1-n1c2ccccc2c2ccc3c4ccccc4oc3c21. The summed E-state index contributed by atoms with van der Waals surface area (Å²) in [6.45, 7) is 8.33. The number of nitriles is 1. The van der Waals surface area contributed by atoms with Crippen molar-refractivity contribution in [2.75, 3.05) is 0 Å². The van der Waals surface area contributed by atoms with Crippen LogP contribution >= 0.6 is 0 Å². The lowest BCUT2D eigenvalue weighted by Crippen LogP contribution is -2.11. The summed E-state index contributed by atoms with van der Waals surface area (Å²) >= 11 is 0. The molecular weight excluding hydrogens is 758 g/mol. The third-order valence-corrected chi connectivity index (χ3v) is 11.8. The van der Waals surface area contributed by atoms with Crippen LogP contribution in [0.4, 0.5) is 18.9 Å². The number of alkyl halides is 3. The van der Waals surface area contributed by atoms with Crippen LogP contribution in [0, 0.1) is 17.9 Å². The highest BCUT2D eigenvalue weighted by Gasteiger charge is 2.37. The first-order valence-corrected chi connectivity index (χ1v) is 19.2. The highest BCUT2D eigenvalue weighted by atomic mass is 19.4. The van der Waals surface area contributed by atoms with Crippen molar-refractivity contribution in [2.45, 2.75) is 6.18 Å². The van der Waals surface area contributed by atoms with Crippen molar-refractivity contribution in [2.24, 2.45) is 0 Å². The summed E-state index contributed by atoms with van der Waals surface area (Å²) in [6.07, 6.45) is -4.86. The summed E-state index contributed by atoms with van der Waals surface area (Å²) in [6, 6.07) is 48.0. The van der Waals surface area contributed by atoms with Crippen molar-refractivity contribution in [3.05, 3.63) is 174 Å². The molecule has 0 aliphatic heterocycles. The van der Waals surface area contributed by atoms with Crippen molar-refractivity contribution in [1.29, 1.82) is 5.26 Å². The van der Waals surface area contributed by atoms with Gasteiger partial charge in [0.15, 0.2) is 16.9 Å². The summed E-state index contributed by atoms with van der Waals surface area (Å²) < 4.78 is 63.9. The van der Waals surface area contributed by atoms with Crippen molar-refractivity contribution < 1.29 is 22.0 Å². The van der Waals surface area contributed by atoms with E-state index in [-0.39, 0.29) is 33.8 Å². The number of fused-ring (bicyclic) bond motifs is 14. The van der Waals surface area contributed by atoms with E-state index in [2.05, 4.69) is 10.9 Å². The van der Waals surface area contributed by atoms with Crippen LogP contribution in [0.1, 0.15) is 11.1 Å². The minimum Gasteiger partial charge on any atom is -0.454 e. The normalized spacial score (nSPS) is 12.2. The van der Waals surface area contributed by atoms with Crippen molar-refractivity contribution in [3.8, 4) is 28.6 Å². The third-order valence-electron chi connectivity index (χ3n) is 11.8. The van der Waals surface area contributed by atoms with Crippen LogP contribution in [0.15, 0.2) is 160 Å². The second-order valence-corrected chi connectivity index (χ2v) is 14.9. The Morgan fingerprint density at radius 2 is 0.983 bits per heavy atom. The molecule has 4 heterocycles. The molecule has 0 unspecified atom stereocenters. The third kappa shape index (κ3) is 4.51. The zero-order valence-corrected chi connectivity index (χ0v) is 31.2. The second-order valence-electron chi connectivity index (χ2n) is 14.9. The summed E-state index contributed by atoms with van der Waals surface area (Å²) in [4.78, 5) is 3.74. The molecule has 0 spiro atoms. The van der Waals surface area contributed by atoms with Gasteiger partial charge in [0, 0.05) is 54.2 Å². The van der Waals surface area contributed by atoms with Gasteiger partial charge >= 0.3 is 6.18 Å². The fraction of sp³-hybridized carbons (Fsp3) is 0.0196. The van der Waals surface area contributed by atoms with Crippen LogP contribution in [-0.2, 0) is 6.18 Å². The Morgan fingerprint density at radius 3 is 1.47 bits per heavy atom. The molecule has 0 bridgehead atoms. The Labute approximate surface area is 337 Å². The molecule has 0 aliphatic rings. The Balaban J connectivity index is 1.36. The van der Waals surface area contributed by atoms with Gasteiger partial charge in [0.05, 0.1) is 57.2 Å². The lowest BCUT2D eigenvalue weighted by atomic mass is 9.92. The van der Waals surface area contributed by atoms with E-state index in [0.29, 0.717) is 44.4 Å². The molecule has 0 saturated carbocycles. The first-order chi connectivity index (χ1) is 29.3. The molecule has 12 rings (SSSR count). The average molecular weight is 783 g/mol. The number of para-hydroxylation sites is 4. The molecule has 0 fully saturated rings. The number of benzene rings is 8. The van der Waals surface area contributed by atoms with E-state index < -0.39 is 11.7 Å². The molecule has 12 aromatic rings. The van der Waals surface area contributed by atoms with Crippen LogP contribution in [0.3, 0.4) is 0 Å². The maximum absolute atomic E-state index is 15.6. The molecule has 0 N–H and O–H groups in total. The number of hydrogen-bond donors (Lipinski definition) is 0. The van der Waals surface area contributed by atoms with Gasteiger partial charge in [-0.1, -0.05) is 103 Å². The molecule has 0 atom stereocenters. The zero-order valence-electron chi connectivity index (χ0n) is 31.2. The topological polar surface area (TPSA) is 64.3 Å². The lowest BCUT2D eigenvalue weighted by molar-refractivity contribution is -0.137. The van der Waals surface area contributed by atoms with E-state index in [1.807, 2.05) is 130 Å². The molecule has 6 nitrogen and oxygen atoms in total. The average Bonchev–Trinajstić information content (AvgIpc) is 4.03. The Kier molecular flexibility index (Phi) is 6.84. The number of hydrogen-bond acceptors (Lipinski definition) is 3. The monoisotopic (exact) mass is 782 g/mol. The predicted molar refractivity (Wildman–Crippen MR) is 231 cm³/mol. The van der Waals surface area contributed by atoms with Gasteiger partial charge < -0.3 is 18.0 Å². The summed E-state index contributed by atoms with van der Waals surface area (Å²) in [5, 5.41) is 17.6. The van der Waals surface area contributed by atoms with Crippen molar-refractivity contribution >= 4 is 93.2 Å². The number of nitrogens with zero attached hydrogens (tertiary/aromatic N) is 4. The predicted octanol–water partition coefficient (Wildman–Crippen LogP) is 14.8. The van der Waals surface area contributed by atoms with Crippen LogP contribution in [0.2, 0.25) is 0 Å². The van der Waals surface area contributed by atoms with Crippen molar-refractivity contribution in [1.82, 2.24) is 9.13 Å².